The smallest absolute Gasteiger partial charge is 0.229 e. The zero-order chi connectivity index (χ0) is 23.9. The van der Waals surface area contributed by atoms with E-state index in [1.807, 2.05) is 66.7 Å². The van der Waals surface area contributed by atoms with Gasteiger partial charge >= 0.3 is 0 Å². The first kappa shape index (κ1) is 24.4. The van der Waals surface area contributed by atoms with Gasteiger partial charge in [-0.15, -0.1) is 11.8 Å². The zero-order valence-corrected chi connectivity index (χ0v) is 21.4. The van der Waals surface area contributed by atoms with E-state index in [0.717, 1.165) is 32.4 Å². The summed E-state index contributed by atoms with van der Waals surface area (Å²) < 4.78 is 11.9. The van der Waals surface area contributed by atoms with E-state index in [1.165, 1.54) is 11.3 Å². The van der Waals surface area contributed by atoms with Gasteiger partial charge in [-0.1, -0.05) is 53.3 Å². The van der Waals surface area contributed by atoms with Crippen LogP contribution in [-0.2, 0) is 11.3 Å². The van der Waals surface area contributed by atoms with Crippen LogP contribution in [0.1, 0.15) is 18.4 Å². The average Bonchev–Trinajstić information content (AvgIpc) is 3.31. The highest BCUT2D eigenvalue weighted by atomic mass is 35.5. The Morgan fingerprint density at radius 3 is 2.41 bits per heavy atom. The monoisotopic (exact) mass is 512 g/mol. The number of carbonyl (C=O) groups is 1. The standard InChI is InChI=1S/C26H25ClN2O3S2/c1-31-21-14-15-22(32-2)25-24(21)28-26(34-25)29(17-18-7-4-3-5-8-18)23(30)9-6-16-33-20-12-10-19(27)11-13-20/h3-5,7-8,10-15H,6,9,16-17H2,1-2H3. The summed E-state index contributed by atoms with van der Waals surface area (Å²) in [7, 11) is 3.25. The predicted octanol–water partition coefficient (Wildman–Crippen LogP) is 7.07. The van der Waals surface area contributed by atoms with E-state index in [2.05, 4.69) is 0 Å². The Balaban J connectivity index is 1.54. The molecule has 5 nitrogen and oxygen atoms in total. The highest BCUT2D eigenvalue weighted by Crippen LogP contribution is 2.40. The largest absolute Gasteiger partial charge is 0.495 e. The van der Waals surface area contributed by atoms with Crippen molar-refractivity contribution in [2.45, 2.75) is 24.3 Å². The van der Waals surface area contributed by atoms with Crippen LogP contribution in [0, 0.1) is 0 Å². The maximum Gasteiger partial charge on any atom is 0.229 e. The van der Waals surface area contributed by atoms with E-state index in [0.29, 0.717) is 35.1 Å². The molecule has 4 rings (SSSR count). The van der Waals surface area contributed by atoms with Crippen LogP contribution in [0.15, 0.2) is 71.6 Å². The van der Waals surface area contributed by atoms with Gasteiger partial charge in [0.2, 0.25) is 5.91 Å². The fourth-order valence-electron chi connectivity index (χ4n) is 3.50. The average molecular weight is 513 g/mol. The van der Waals surface area contributed by atoms with E-state index in [1.54, 1.807) is 30.9 Å². The van der Waals surface area contributed by atoms with Gasteiger partial charge in [0, 0.05) is 16.3 Å². The number of methoxy groups -OCH3 is 2. The van der Waals surface area contributed by atoms with E-state index >= 15 is 0 Å². The van der Waals surface area contributed by atoms with Crippen LogP contribution in [0.2, 0.25) is 5.02 Å². The molecular weight excluding hydrogens is 488 g/mol. The van der Waals surface area contributed by atoms with Crippen molar-refractivity contribution in [3.05, 3.63) is 77.3 Å². The number of fused-ring (bicyclic) bond motifs is 1. The number of hydrogen-bond donors (Lipinski definition) is 0. The number of nitrogens with zero attached hydrogens (tertiary/aromatic N) is 2. The molecule has 3 aromatic carbocycles. The van der Waals surface area contributed by atoms with Crippen LogP contribution >= 0.6 is 34.7 Å². The van der Waals surface area contributed by atoms with Crippen LogP contribution < -0.4 is 14.4 Å². The van der Waals surface area contributed by atoms with Crippen molar-refractivity contribution in [3.8, 4) is 11.5 Å². The minimum atomic E-state index is 0.0394. The van der Waals surface area contributed by atoms with Crippen molar-refractivity contribution in [3.63, 3.8) is 0 Å². The van der Waals surface area contributed by atoms with E-state index in [9.17, 15) is 4.79 Å². The molecule has 1 aromatic heterocycles. The summed E-state index contributed by atoms with van der Waals surface area (Å²) in [6.07, 6.45) is 1.19. The lowest BCUT2D eigenvalue weighted by Gasteiger charge is -2.20. The quantitative estimate of drug-likeness (QED) is 0.168. The van der Waals surface area contributed by atoms with Crippen LogP contribution in [0.4, 0.5) is 5.13 Å². The summed E-state index contributed by atoms with van der Waals surface area (Å²) in [4.78, 5) is 21.1. The highest BCUT2D eigenvalue weighted by Gasteiger charge is 2.22. The molecule has 0 aliphatic carbocycles. The van der Waals surface area contributed by atoms with Gasteiger partial charge in [0.05, 0.1) is 20.8 Å². The molecular formula is C26H25ClN2O3S2. The second-order valence-electron chi connectivity index (χ2n) is 7.52. The summed E-state index contributed by atoms with van der Waals surface area (Å²) >= 11 is 9.12. The van der Waals surface area contributed by atoms with Crippen LogP contribution in [0.25, 0.3) is 10.2 Å². The normalized spacial score (nSPS) is 10.9. The predicted molar refractivity (Wildman–Crippen MR) is 142 cm³/mol. The number of aromatic nitrogens is 1. The minimum absolute atomic E-state index is 0.0394. The molecule has 0 fully saturated rings. The number of ether oxygens (including phenoxy) is 2. The molecule has 0 aliphatic rings. The summed E-state index contributed by atoms with van der Waals surface area (Å²) in [6, 6.07) is 21.4. The third-order valence-electron chi connectivity index (χ3n) is 5.23. The first-order valence-corrected chi connectivity index (χ1v) is 13.0. The molecule has 0 aliphatic heterocycles. The molecule has 0 saturated heterocycles. The number of rotatable bonds is 10. The van der Waals surface area contributed by atoms with Crippen LogP contribution in [0.5, 0.6) is 11.5 Å². The Hall–Kier alpha value is -2.74. The lowest BCUT2D eigenvalue weighted by molar-refractivity contribution is -0.118. The summed E-state index contributed by atoms with van der Waals surface area (Å²) in [6.45, 7) is 0.453. The van der Waals surface area contributed by atoms with Gasteiger partial charge in [-0.25, -0.2) is 4.98 Å². The molecule has 0 unspecified atom stereocenters. The van der Waals surface area contributed by atoms with Gasteiger partial charge < -0.3 is 9.47 Å². The Labute approximate surface area is 212 Å². The number of benzene rings is 3. The minimum Gasteiger partial charge on any atom is -0.495 e. The van der Waals surface area contributed by atoms with Gasteiger partial charge in [0.15, 0.2) is 5.13 Å². The molecule has 0 spiro atoms. The number of carbonyl (C=O) groups excluding carboxylic acids is 1. The molecule has 1 amide bonds. The van der Waals surface area contributed by atoms with Gasteiger partial charge in [-0.3, -0.25) is 9.69 Å². The van der Waals surface area contributed by atoms with Crippen molar-refractivity contribution in [1.29, 1.82) is 0 Å². The molecule has 4 aromatic rings. The topological polar surface area (TPSA) is 51.7 Å². The Bertz CT molecular complexity index is 1210. The number of halogens is 1. The van der Waals surface area contributed by atoms with Gasteiger partial charge in [0.1, 0.15) is 21.7 Å². The SMILES string of the molecule is COc1ccc(OC)c2sc(N(Cc3ccccc3)C(=O)CCCSc3ccc(Cl)cc3)nc12. The van der Waals surface area contributed by atoms with E-state index < -0.39 is 0 Å². The summed E-state index contributed by atoms with van der Waals surface area (Å²) in [5.41, 5.74) is 1.75. The maximum absolute atomic E-state index is 13.4. The molecule has 34 heavy (non-hydrogen) atoms. The van der Waals surface area contributed by atoms with E-state index in [4.69, 9.17) is 26.1 Å². The van der Waals surface area contributed by atoms with Gasteiger partial charge in [-0.05, 0) is 54.1 Å². The zero-order valence-electron chi connectivity index (χ0n) is 19.0. The lowest BCUT2D eigenvalue weighted by Crippen LogP contribution is -2.30. The fraction of sp³-hybridized carbons (Fsp3) is 0.231. The van der Waals surface area contributed by atoms with Gasteiger partial charge in [-0.2, -0.15) is 0 Å². The maximum atomic E-state index is 13.4. The second kappa shape index (κ2) is 11.6. The molecule has 0 bridgehead atoms. The lowest BCUT2D eigenvalue weighted by atomic mass is 10.2. The molecule has 0 radical (unpaired) electrons. The van der Waals surface area contributed by atoms with Crippen LogP contribution in [-0.4, -0.2) is 30.9 Å². The van der Waals surface area contributed by atoms with Crippen molar-refractivity contribution >= 4 is 56.0 Å². The molecule has 8 heteroatoms. The molecule has 0 saturated carbocycles. The molecule has 176 valence electrons. The number of amides is 1. The Morgan fingerprint density at radius 2 is 1.71 bits per heavy atom. The molecule has 1 heterocycles. The number of thiazole rings is 1. The van der Waals surface area contributed by atoms with Crippen molar-refractivity contribution < 1.29 is 14.3 Å². The van der Waals surface area contributed by atoms with Gasteiger partial charge in [0.25, 0.3) is 0 Å². The third-order valence-corrected chi connectivity index (χ3v) is 7.67. The van der Waals surface area contributed by atoms with Crippen molar-refractivity contribution in [2.24, 2.45) is 0 Å². The first-order chi connectivity index (χ1) is 16.6. The molecule has 0 N–H and O–H groups in total. The Kier molecular flexibility index (Phi) is 8.32. The third kappa shape index (κ3) is 5.84. The number of thioether (sulfide) groups is 1. The highest BCUT2D eigenvalue weighted by molar-refractivity contribution is 7.99. The molecule has 0 atom stereocenters. The van der Waals surface area contributed by atoms with Crippen molar-refractivity contribution in [1.82, 2.24) is 4.98 Å². The Morgan fingerprint density at radius 1 is 1.00 bits per heavy atom. The number of hydrogen-bond acceptors (Lipinski definition) is 6. The summed E-state index contributed by atoms with van der Waals surface area (Å²) in [5, 5.41) is 1.36. The van der Waals surface area contributed by atoms with E-state index in [-0.39, 0.29) is 5.91 Å². The fourth-order valence-corrected chi connectivity index (χ4v) is 5.57. The second-order valence-corrected chi connectivity index (χ2v) is 10.1. The first-order valence-electron chi connectivity index (χ1n) is 10.8. The number of anilines is 1. The summed E-state index contributed by atoms with van der Waals surface area (Å²) in [5.74, 6) is 2.25. The van der Waals surface area contributed by atoms with Crippen LogP contribution in [0.3, 0.4) is 0 Å². The van der Waals surface area contributed by atoms with Crippen molar-refractivity contribution in [2.75, 3.05) is 24.9 Å².